The molecule has 0 fully saturated rings. The van der Waals surface area contributed by atoms with Crippen molar-refractivity contribution in [1.82, 2.24) is 26.6 Å². The Balaban J connectivity index is 0.000000125. The SMILES string of the molecule is Brc1ccc(Br)c2nsnc12.Fc1ccc(-n2c3ccccc3c3cc(-c4ccc(Br)c5nsnc45)ccc32)cc1.O[B]Oc1ccc2c(c1)c1ccccc1n2-c1ccc(F)cc1. The molecule has 16 heteroatoms. The lowest BCUT2D eigenvalue weighted by molar-refractivity contribution is 0.454. The molecule has 0 aliphatic heterocycles. The summed E-state index contributed by atoms with van der Waals surface area (Å²) in [6, 6.07) is 49.4. The zero-order valence-corrected chi connectivity index (χ0v) is 39.2. The van der Waals surface area contributed by atoms with Crippen molar-refractivity contribution in [2.24, 2.45) is 0 Å². The molecular weight excluding hydrogens is 1050 g/mol. The molecule has 0 aliphatic carbocycles. The van der Waals surface area contributed by atoms with Gasteiger partial charge in [0, 0.05) is 51.9 Å². The summed E-state index contributed by atoms with van der Waals surface area (Å²) in [4.78, 5) is 0. The summed E-state index contributed by atoms with van der Waals surface area (Å²) < 4.78 is 56.2. The van der Waals surface area contributed by atoms with Gasteiger partial charge in [0.1, 0.15) is 39.5 Å². The zero-order chi connectivity index (χ0) is 43.9. The van der Waals surface area contributed by atoms with Crippen LogP contribution in [0.15, 0.2) is 171 Å². The number of rotatable bonds is 5. The Bertz CT molecular complexity index is 3640. The molecule has 12 rings (SSSR count). The largest absolute Gasteiger partial charge is 0.569 e. The first-order valence-electron chi connectivity index (χ1n) is 19.5. The molecule has 0 aliphatic rings. The number of para-hydroxylation sites is 2. The second-order valence-corrected chi connectivity index (χ2v) is 18.0. The van der Waals surface area contributed by atoms with Gasteiger partial charge in [-0.15, -0.1) is 0 Å². The zero-order valence-electron chi connectivity index (χ0n) is 32.8. The summed E-state index contributed by atoms with van der Waals surface area (Å²) in [5.41, 5.74) is 11.8. The van der Waals surface area contributed by atoms with Gasteiger partial charge in [0.05, 0.1) is 45.5 Å². The van der Waals surface area contributed by atoms with Crippen molar-refractivity contribution in [3.05, 3.63) is 183 Å². The molecule has 8 nitrogen and oxygen atoms in total. The predicted octanol–water partition coefficient (Wildman–Crippen LogP) is 14.4. The van der Waals surface area contributed by atoms with Crippen molar-refractivity contribution >= 4 is 145 Å². The molecule has 0 saturated carbocycles. The van der Waals surface area contributed by atoms with E-state index in [1.807, 2.05) is 78.9 Å². The van der Waals surface area contributed by atoms with E-state index in [1.54, 1.807) is 18.2 Å². The number of hydrogen-bond donors (Lipinski definition) is 1. The minimum atomic E-state index is -0.260. The molecule has 0 unspecified atom stereocenters. The lowest BCUT2D eigenvalue weighted by Crippen LogP contribution is -1.99. The molecule has 0 atom stereocenters. The lowest BCUT2D eigenvalue weighted by atomic mass is 10.0. The third-order valence-corrected chi connectivity index (χ3v) is 13.6. The molecule has 8 aromatic carbocycles. The van der Waals surface area contributed by atoms with Gasteiger partial charge in [0.15, 0.2) is 0 Å². The molecule has 12 aromatic rings. The molecule has 0 spiro atoms. The molecule has 1 radical (unpaired) electrons. The van der Waals surface area contributed by atoms with Gasteiger partial charge in [-0.2, -0.15) is 17.5 Å². The van der Waals surface area contributed by atoms with Gasteiger partial charge < -0.3 is 18.8 Å². The molecule has 1 N–H and O–H groups in total. The van der Waals surface area contributed by atoms with Crippen molar-refractivity contribution in [3.8, 4) is 28.3 Å². The van der Waals surface area contributed by atoms with Crippen LogP contribution < -0.4 is 4.65 Å². The Hall–Kier alpha value is -5.88. The molecule has 64 heavy (non-hydrogen) atoms. The highest BCUT2D eigenvalue weighted by molar-refractivity contribution is 9.11. The molecule has 0 bridgehead atoms. The molecule has 311 valence electrons. The average molecular weight is 1070 g/mol. The molecular formula is C48H27BBr3F2N6O2S2. The highest BCUT2D eigenvalue weighted by atomic mass is 79.9. The van der Waals surface area contributed by atoms with E-state index in [4.69, 9.17) is 9.68 Å². The van der Waals surface area contributed by atoms with Crippen LogP contribution >= 0.6 is 71.2 Å². The van der Waals surface area contributed by atoms with Crippen molar-refractivity contribution in [1.29, 1.82) is 0 Å². The topological polar surface area (TPSA) is 90.9 Å². The Morgan fingerprint density at radius 1 is 0.469 bits per heavy atom. The van der Waals surface area contributed by atoms with Crippen LogP contribution in [0.3, 0.4) is 0 Å². The van der Waals surface area contributed by atoms with Crippen molar-refractivity contribution in [2.75, 3.05) is 0 Å². The second kappa shape index (κ2) is 17.9. The summed E-state index contributed by atoms with van der Waals surface area (Å²) >= 11 is 12.8. The monoisotopic (exact) mass is 1070 g/mol. The quantitative estimate of drug-likeness (QED) is 0.173. The van der Waals surface area contributed by atoms with Crippen LogP contribution in [-0.4, -0.2) is 39.3 Å². The van der Waals surface area contributed by atoms with Crippen LogP contribution in [0.4, 0.5) is 8.78 Å². The highest BCUT2D eigenvalue weighted by Gasteiger charge is 2.17. The summed E-state index contributed by atoms with van der Waals surface area (Å²) in [7, 11) is 0.667. The van der Waals surface area contributed by atoms with Gasteiger partial charge in [0.2, 0.25) is 0 Å². The smallest absolute Gasteiger partial charge is 0.537 e. The van der Waals surface area contributed by atoms with Crippen LogP contribution in [0.25, 0.3) is 88.2 Å². The van der Waals surface area contributed by atoms with Gasteiger partial charge in [-0.3, -0.25) is 0 Å². The number of halogens is 5. The molecule has 4 heterocycles. The normalized spacial score (nSPS) is 11.3. The molecule has 4 aromatic heterocycles. The van der Waals surface area contributed by atoms with Crippen LogP contribution in [0, 0.1) is 11.6 Å². The summed E-state index contributed by atoms with van der Waals surface area (Å²) in [6.45, 7) is 0. The first-order valence-corrected chi connectivity index (χ1v) is 23.3. The van der Waals surface area contributed by atoms with E-state index in [1.165, 1.54) is 47.7 Å². The minimum Gasteiger partial charge on any atom is -0.537 e. The Labute approximate surface area is 397 Å². The Kier molecular flexibility index (Phi) is 11.8. The third kappa shape index (κ3) is 7.88. The number of fused-ring (bicyclic) bond motifs is 8. The maximum atomic E-state index is 13.5. The van der Waals surface area contributed by atoms with Crippen molar-refractivity contribution < 1.29 is 18.5 Å². The fourth-order valence-electron chi connectivity index (χ4n) is 7.84. The fourth-order valence-corrected chi connectivity index (χ4v) is 10.6. The summed E-state index contributed by atoms with van der Waals surface area (Å²) in [5, 5.41) is 13.2. The van der Waals surface area contributed by atoms with E-state index in [0.717, 1.165) is 102 Å². The van der Waals surface area contributed by atoms with Crippen LogP contribution in [-0.2, 0) is 0 Å². The third-order valence-electron chi connectivity index (χ3n) is 10.7. The molecule has 0 saturated heterocycles. The number of nitrogens with zero attached hydrogens (tertiary/aromatic N) is 6. The van der Waals surface area contributed by atoms with E-state index in [2.05, 4.69) is 111 Å². The minimum absolute atomic E-state index is 0.238. The fraction of sp³-hybridized carbons (Fsp3) is 0. The standard InChI is InChI=1S/C24H13BrFN3S.C18H12BFNO2.C6H2Br2N2S/c25-20-11-10-17(23-24(20)28-30-27-23)14-5-12-22-19(13-14)18-3-1-2-4-21(18)29(22)16-8-6-15(26)7-9-16;20-12-5-7-13(8-6-12)21-17-4-2-1-3-15(17)16-11-14(23-19-22)9-10-18(16)21;7-3-1-2-4(8)6-5(3)9-11-10-6/h1-13H;1-11,22H;1-2H. The van der Waals surface area contributed by atoms with Gasteiger partial charge >= 0.3 is 7.69 Å². The first-order chi connectivity index (χ1) is 31.3. The highest BCUT2D eigenvalue weighted by Crippen LogP contribution is 2.38. The maximum absolute atomic E-state index is 13.5. The number of hydrogen-bond acceptors (Lipinski definition) is 8. The van der Waals surface area contributed by atoms with E-state index >= 15 is 0 Å². The summed E-state index contributed by atoms with van der Waals surface area (Å²) in [6.07, 6.45) is 0. The van der Waals surface area contributed by atoms with Crippen LogP contribution in [0.5, 0.6) is 5.75 Å². The van der Waals surface area contributed by atoms with Crippen LogP contribution in [0.1, 0.15) is 0 Å². The van der Waals surface area contributed by atoms with Crippen molar-refractivity contribution in [2.45, 2.75) is 0 Å². The van der Waals surface area contributed by atoms with Gasteiger partial charge in [-0.05, 0) is 163 Å². The molecule has 0 amide bonds. The van der Waals surface area contributed by atoms with E-state index in [9.17, 15) is 8.78 Å². The van der Waals surface area contributed by atoms with Gasteiger partial charge in [0.25, 0.3) is 0 Å². The Morgan fingerprint density at radius 3 is 1.44 bits per heavy atom. The van der Waals surface area contributed by atoms with E-state index < -0.39 is 0 Å². The second-order valence-electron chi connectivity index (χ2n) is 14.3. The average Bonchev–Trinajstić information content (AvgIpc) is 4.14. The predicted molar refractivity (Wildman–Crippen MR) is 267 cm³/mol. The van der Waals surface area contributed by atoms with Crippen LogP contribution in [0.2, 0.25) is 0 Å². The van der Waals surface area contributed by atoms with E-state index in [0.29, 0.717) is 13.4 Å². The summed E-state index contributed by atoms with van der Waals surface area (Å²) in [5.74, 6) is 0.0589. The number of aromatic nitrogens is 6. The van der Waals surface area contributed by atoms with E-state index in [-0.39, 0.29) is 11.6 Å². The first kappa shape index (κ1) is 42.1. The van der Waals surface area contributed by atoms with Gasteiger partial charge in [-0.1, -0.05) is 48.5 Å². The Morgan fingerprint density at radius 2 is 0.906 bits per heavy atom. The van der Waals surface area contributed by atoms with Crippen molar-refractivity contribution in [3.63, 3.8) is 0 Å². The number of benzene rings is 8. The van der Waals surface area contributed by atoms with Gasteiger partial charge in [-0.25, -0.2) is 8.78 Å². The maximum Gasteiger partial charge on any atom is 0.569 e. The lowest BCUT2D eigenvalue weighted by Gasteiger charge is -2.08.